The number of aliphatic carboxylic acids is 2. The number of hydrogen-bond acceptors (Lipinski definition) is 9. The van der Waals surface area contributed by atoms with Crippen molar-refractivity contribution in [1.82, 2.24) is 16.0 Å². The van der Waals surface area contributed by atoms with Crippen molar-refractivity contribution in [2.45, 2.75) is 56.5 Å². The number of hydrogen-bond donors (Lipinski definition) is 9. The van der Waals surface area contributed by atoms with E-state index in [1.165, 1.54) is 12.1 Å². The number of nitrogens with one attached hydrogen (secondary N) is 3. The first-order valence-corrected chi connectivity index (χ1v) is 10.5. The molecule has 0 heterocycles. The predicted octanol–water partition coefficient (Wildman–Crippen LogP) is -2.96. The summed E-state index contributed by atoms with van der Waals surface area (Å²) >= 11 is 0. The Bertz CT molecular complexity index is 906. The lowest BCUT2D eigenvalue weighted by Crippen LogP contribution is -2.60. The largest absolute Gasteiger partial charge is 0.508 e. The Morgan fingerprint density at radius 3 is 1.97 bits per heavy atom. The van der Waals surface area contributed by atoms with Gasteiger partial charge in [-0.3, -0.25) is 19.2 Å². The minimum atomic E-state index is -1.68. The van der Waals surface area contributed by atoms with Crippen LogP contribution in [0.4, 0.5) is 0 Å². The van der Waals surface area contributed by atoms with Gasteiger partial charge in [-0.15, -0.1) is 0 Å². The van der Waals surface area contributed by atoms with E-state index in [1.807, 2.05) is 5.32 Å². The summed E-state index contributed by atoms with van der Waals surface area (Å²) in [5.41, 5.74) is 6.45. The maximum absolute atomic E-state index is 12.5. The molecule has 0 aliphatic carbocycles. The number of phenols is 1. The van der Waals surface area contributed by atoms with Crippen molar-refractivity contribution in [2.24, 2.45) is 5.73 Å². The van der Waals surface area contributed by atoms with Crippen LogP contribution in [0.1, 0.15) is 25.3 Å². The standard InChI is InChI=1S/C21H30N4O10/c1-10(27)17(20(33)23-14(21(34)35)6-7-16(29)30)25-19(32)15(9-26)24-18(31)13(22)8-11-2-4-12(28)5-3-11/h2-5,10,13-15,17,26-28H,6-9,22H2,1H3,(H,23,33)(H,24,31)(H,25,32)(H,29,30)(H,34,35). The second kappa shape index (κ2) is 13.8. The lowest BCUT2D eigenvalue weighted by atomic mass is 10.1. The summed E-state index contributed by atoms with van der Waals surface area (Å²) in [6, 6.07) is -0.0401. The Labute approximate surface area is 200 Å². The van der Waals surface area contributed by atoms with Crippen molar-refractivity contribution in [3.63, 3.8) is 0 Å². The molecule has 1 rings (SSSR count). The van der Waals surface area contributed by atoms with Crippen LogP contribution in [0.15, 0.2) is 24.3 Å². The van der Waals surface area contributed by atoms with Gasteiger partial charge in [-0.2, -0.15) is 0 Å². The number of aliphatic hydroxyl groups is 2. The molecule has 14 nitrogen and oxygen atoms in total. The third-order valence-corrected chi connectivity index (χ3v) is 4.87. The zero-order valence-corrected chi connectivity index (χ0v) is 18.9. The highest BCUT2D eigenvalue weighted by atomic mass is 16.4. The Balaban J connectivity index is 2.79. The monoisotopic (exact) mass is 498 g/mol. The van der Waals surface area contributed by atoms with E-state index in [0.29, 0.717) is 5.56 Å². The van der Waals surface area contributed by atoms with Crippen LogP contribution >= 0.6 is 0 Å². The molecule has 35 heavy (non-hydrogen) atoms. The number of carboxylic acid groups (broad SMARTS) is 2. The number of rotatable bonds is 14. The smallest absolute Gasteiger partial charge is 0.326 e. The number of aliphatic hydroxyl groups excluding tert-OH is 2. The van der Waals surface area contributed by atoms with Crippen LogP contribution in [0, 0.1) is 0 Å². The van der Waals surface area contributed by atoms with Gasteiger partial charge in [-0.25, -0.2) is 4.79 Å². The van der Waals surface area contributed by atoms with Gasteiger partial charge in [0, 0.05) is 6.42 Å². The molecule has 0 spiro atoms. The highest BCUT2D eigenvalue weighted by molar-refractivity contribution is 5.94. The van der Waals surface area contributed by atoms with Gasteiger partial charge in [0.2, 0.25) is 17.7 Å². The average Bonchev–Trinajstić information content (AvgIpc) is 2.78. The van der Waals surface area contributed by atoms with Crippen LogP contribution in [0.25, 0.3) is 0 Å². The van der Waals surface area contributed by atoms with Gasteiger partial charge in [0.25, 0.3) is 0 Å². The van der Waals surface area contributed by atoms with Crippen molar-refractivity contribution in [2.75, 3.05) is 6.61 Å². The summed E-state index contributed by atoms with van der Waals surface area (Å²) in [5.74, 6) is -5.74. The second-order valence-corrected chi connectivity index (χ2v) is 7.78. The van der Waals surface area contributed by atoms with Gasteiger partial charge in [0.1, 0.15) is 23.9 Å². The first-order valence-electron chi connectivity index (χ1n) is 10.5. The molecule has 0 radical (unpaired) electrons. The molecule has 1 aromatic rings. The van der Waals surface area contributed by atoms with Gasteiger partial charge >= 0.3 is 11.9 Å². The Morgan fingerprint density at radius 2 is 1.49 bits per heavy atom. The van der Waals surface area contributed by atoms with Crippen molar-refractivity contribution in [1.29, 1.82) is 0 Å². The summed E-state index contributed by atoms with van der Waals surface area (Å²) in [6.45, 7) is 0.256. The van der Waals surface area contributed by atoms with E-state index in [1.54, 1.807) is 12.1 Å². The Morgan fingerprint density at radius 1 is 0.914 bits per heavy atom. The molecule has 194 valence electrons. The van der Waals surface area contributed by atoms with Crippen LogP contribution < -0.4 is 21.7 Å². The zero-order valence-electron chi connectivity index (χ0n) is 18.9. The number of aromatic hydroxyl groups is 1. The number of phenolic OH excluding ortho intramolecular Hbond substituents is 1. The lowest BCUT2D eigenvalue weighted by molar-refractivity contribution is -0.144. The van der Waals surface area contributed by atoms with Gasteiger partial charge in [0.05, 0.1) is 18.8 Å². The predicted molar refractivity (Wildman–Crippen MR) is 119 cm³/mol. The molecular weight excluding hydrogens is 468 g/mol. The molecule has 0 aliphatic rings. The normalized spacial score (nSPS) is 15.1. The number of nitrogens with two attached hydrogens (primary N) is 1. The molecule has 0 aliphatic heterocycles. The first kappa shape index (κ1) is 29.3. The number of amides is 3. The lowest BCUT2D eigenvalue weighted by Gasteiger charge is -2.25. The van der Waals surface area contributed by atoms with Crippen molar-refractivity contribution < 1.29 is 49.5 Å². The van der Waals surface area contributed by atoms with E-state index >= 15 is 0 Å². The second-order valence-electron chi connectivity index (χ2n) is 7.78. The molecule has 0 bridgehead atoms. The quantitative estimate of drug-likeness (QED) is 0.125. The van der Waals surface area contributed by atoms with Crippen LogP contribution in [-0.2, 0) is 30.4 Å². The number of carboxylic acids is 2. The summed E-state index contributed by atoms with van der Waals surface area (Å²) in [7, 11) is 0. The fourth-order valence-electron chi connectivity index (χ4n) is 2.90. The molecule has 10 N–H and O–H groups in total. The van der Waals surface area contributed by atoms with E-state index in [4.69, 9.17) is 10.8 Å². The fourth-order valence-corrected chi connectivity index (χ4v) is 2.90. The Hall–Kier alpha value is -3.75. The van der Waals surface area contributed by atoms with Crippen LogP contribution in [0.3, 0.4) is 0 Å². The maximum atomic E-state index is 12.5. The Kier molecular flexibility index (Phi) is 11.6. The number of carbonyl (C=O) groups is 5. The summed E-state index contributed by atoms with van der Waals surface area (Å²) in [5, 5.41) is 53.0. The summed E-state index contributed by atoms with van der Waals surface area (Å²) in [6.07, 6.45) is -2.45. The molecule has 5 atom stereocenters. The third kappa shape index (κ3) is 9.95. The maximum Gasteiger partial charge on any atom is 0.326 e. The van der Waals surface area contributed by atoms with E-state index in [0.717, 1.165) is 6.92 Å². The first-order chi connectivity index (χ1) is 16.3. The third-order valence-electron chi connectivity index (χ3n) is 4.87. The van der Waals surface area contributed by atoms with Crippen molar-refractivity contribution in [3.05, 3.63) is 29.8 Å². The van der Waals surface area contributed by atoms with E-state index in [9.17, 15) is 44.4 Å². The molecule has 3 amide bonds. The highest BCUT2D eigenvalue weighted by Gasteiger charge is 2.32. The minimum absolute atomic E-state index is 0.0250. The van der Waals surface area contributed by atoms with Crippen LogP contribution in [0.5, 0.6) is 5.75 Å². The number of carbonyl (C=O) groups excluding carboxylic acids is 3. The topological polar surface area (TPSA) is 249 Å². The molecule has 0 saturated heterocycles. The van der Waals surface area contributed by atoms with Crippen LogP contribution in [0.2, 0.25) is 0 Å². The number of benzene rings is 1. The summed E-state index contributed by atoms with van der Waals surface area (Å²) in [4.78, 5) is 59.3. The molecule has 5 unspecified atom stereocenters. The summed E-state index contributed by atoms with van der Waals surface area (Å²) < 4.78 is 0. The SMILES string of the molecule is CC(O)C(NC(=O)C(CO)NC(=O)C(N)Cc1ccc(O)cc1)C(=O)NC(CCC(=O)O)C(=O)O. The molecule has 0 saturated carbocycles. The zero-order chi connectivity index (χ0) is 26.7. The van der Waals surface area contributed by atoms with Crippen LogP contribution in [-0.4, -0.2) is 92.1 Å². The highest BCUT2D eigenvalue weighted by Crippen LogP contribution is 2.11. The fraction of sp³-hybridized carbons (Fsp3) is 0.476. The van der Waals surface area contributed by atoms with Gasteiger partial charge < -0.3 is 47.2 Å². The molecule has 0 aromatic heterocycles. The molecule has 1 aromatic carbocycles. The van der Waals surface area contributed by atoms with Gasteiger partial charge in [0.15, 0.2) is 0 Å². The van der Waals surface area contributed by atoms with E-state index < -0.39 is 79.4 Å². The molecular formula is C21H30N4O10. The minimum Gasteiger partial charge on any atom is -0.508 e. The van der Waals surface area contributed by atoms with Gasteiger partial charge in [-0.1, -0.05) is 12.1 Å². The van der Waals surface area contributed by atoms with Gasteiger partial charge in [-0.05, 0) is 37.5 Å². The molecule has 14 heteroatoms. The average molecular weight is 498 g/mol. The van der Waals surface area contributed by atoms with Crippen molar-refractivity contribution >= 4 is 29.7 Å². The molecule has 0 fully saturated rings. The van der Waals surface area contributed by atoms with Crippen molar-refractivity contribution in [3.8, 4) is 5.75 Å². The van der Waals surface area contributed by atoms with E-state index in [-0.39, 0.29) is 12.2 Å². The van der Waals surface area contributed by atoms with E-state index in [2.05, 4.69) is 10.6 Å².